The number of nitrogens with one attached hydrogen (secondary N) is 1. The second-order valence-corrected chi connectivity index (χ2v) is 5.92. The third-order valence-corrected chi connectivity index (χ3v) is 4.09. The van der Waals surface area contributed by atoms with Gasteiger partial charge in [0.1, 0.15) is 16.8 Å². The molecule has 98 valence electrons. The molecule has 3 rings (SSSR count). The first-order chi connectivity index (χ1) is 8.71. The molecule has 2 aliphatic rings. The largest absolute Gasteiger partial charge is 0.396 e. The van der Waals surface area contributed by atoms with E-state index in [9.17, 15) is 0 Å². The Balaban J connectivity index is 1.65. The van der Waals surface area contributed by atoms with Gasteiger partial charge >= 0.3 is 0 Å². The lowest BCUT2D eigenvalue weighted by Crippen LogP contribution is -2.17. The number of aliphatic hydroxyl groups is 1. The van der Waals surface area contributed by atoms with E-state index in [1.165, 1.54) is 25.7 Å². The normalized spacial score (nSPS) is 20.8. The smallest absolute Gasteiger partial charge is 0.135 e. The molecule has 0 radical (unpaired) electrons. The molecule has 1 aromatic heterocycles. The maximum absolute atomic E-state index is 9.03. The van der Waals surface area contributed by atoms with Gasteiger partial charge in [-0.05, 0) is 37.5 Å². The van der Waals surface area contributed by atoms with Gasteiger partial charge in [0.15, 0.2) is 0 Å². The van der Waals surface area contributed by atoms with Crippen LogP contribution in [-0.4, -0.2) is 28.2 Å². The van der Waals surface area contributed by atoms with Crippen LogP contribution in [0, 0.1) is 5.41 Å². The molecule has 0 spiro atoms. The zero-order valence-electron chi connectivity index (χ0n) is 10.3. The van der Waals surface area contributed by atoms with Crippen LogP contribution in [0.5, 0.6) is 0 Å². The minimum atomic E-state index is 0.263. The average molecular weight is 268 g/mol. The second kappa shape index (κ2) is 4.67. The van der Waals surface area contributed by atoms with E-state index in [0.29, 0.717) is 11.1 Å². The van der Waals surface area contributed by atoms with Gasteiger partial charge in [0.05, 0.1) is 0 Å². The van der Waals surface area contributed by atoms with E-state index >= 15 is 0 Å². The molecule has 2 saturated carbocycles. The molecule has 1 heterocycles. The van der Waals surface area contributed by atoms with Crippen molar-refractivity contribution in [1.82, 2.24) is 9.97 Å². The molecule has 5 heteroatoms. The van der Waals surface area contributed by atoms with Crippen molar-refractivity contribution in [1.29, 1.82) is 0 Å². The molecule has 0 aromatic carbocycles. The van der Waals surface area contributed by atoms with Gasteiger partial charge in [-0.25, -0.2) is 9.97 Å². The molecule has 0 bridgehead atoms. The summed E-state index contributed by atoms with van der Waals surface area (Å²) in [6.07, 6.45) is 5.60. The topological polar surface area (TPSA) is 58.0 Å². The number of aromatic nitrogens is 2. The average Bonchev–Trinajstić information content (AvgIpc) is 3.22. The lowest BCUT2D eigenvalue weighted by molar-refractivity contribution is 0.253. The Hall–Kier alpha value is -0.870. The fraction of sp³-hybridized carbons (Fsp3) is 0.692. The molecule has 2 aliphatic carbocycles. The van der Waals surface area contributed by atoms with Crippen molar-refractivity contribution in [2.24, 2.45) is 5.41 Å². The Morgan fingerprint density at radius 3 is 2.78 bits per heavy atom. The van der Waals surface area contributed by atoms with Gasteiger partial charge in [0, 0.05) is 25.1 Å². The summed E-state index contributed by atoms with van der Waals surface area (Å²) in [4.78, 5) is 8.78. The maximum atomic E-state index is 9.03. The van der Waals surface area contributed by atoms with Crippen LogP contribution in [0.15, 0.2) is 6.07 Å². The molecule has 2 fully saturated rings. The maximum Gasteiger partial charge on any atom is 0.135 e. The van der Waals surface area contributed by atoms with E-state index in [-0.39, 0.29) is 12.0 Å². The van der Waals surface area contributed by atoms with E-state index < -0.39 is 0 Å². The monoisotopic (exact) mass is 267 g/mol. The number of halogens is 1. The van der Waals surface area contributed by atoms with Gasteiger partial charge in [-0.1, -0.05) is 11.6 Å². The first-order valence-corrected chi connectivity index (χ1v) is 6.98. The van der Waals surface area contributed by atoms with Gasteiger partial charge < -0.3 is 10.4 Å². The number of hydrogen-bond donors (Lipinski definition) is 2. The van der Waals surface area contributed by atoms with Crippen molar-refractivity contribution < 1.29 is 5.11 Å². The third-order valence-electron chi connectivity index (χ3n) is 3.90. The Labute approximate surface area is 112 Å². The van der Waals surface area contributed by atoms with Gasteiger partial charge in [-0.15, -0.1) is 0 Å². The number of rotatable bonds is 6. The quantitative estimate of drug-likeness (QED) is 0.778. The molecule has 18 heavy (non-hydrogen) atoms. The molecule has 0 saturated heterocycles. The summed E-state index contributed by atoms with van der Waals surface area (Å²) in [6.45, 7) is 1.13. The van der Waals surface area contributed by atoms with Gasteiger partial charge in [0.25, 0.3) is 0 Å². The molecule has 1 aromatic rings. The van der Waals surface area contributed by atoms with Crippen LogP contribution >= 0.6 is 11.6 Å². The van der Waals surface area contributed by atoms with E-state index in [2.05, 4.69) is 15.3 Å². The zero-order chi connectivity index (χ0) is 12.6. The van der Waals surface area contributed by atoms with Crippen LogP contribution in [0.3, 0.4) is 0 Å². The van der Waals surface area contributed by atoms with E-state index in [1.54, 1.807) is 6.07 Å². The predicted molar refractivity (Wildman–Crippen MR) is 70.9 cm³/mol. The number of nitrogens with zero attached hydrogens (tertiary/aromatic N) is 2. The molecule has 0 amide bonds. The van der Waals surface area contributed by atoms with Crippen molar-refractivity contribution in [2.75, 3.05) is 18.5 Å². The summed E-state index contributed by atoms with van der Waals surface area (Å²) >= 11 is 6.02. The van der Waals surface area contributed by atoms with Crippen LogP contribution in [0.25, 0.3) is 0 Å². The summed E-state index contributed by atoms with van der Waals surface area (Å²) in [5.74, 6) is 2.20. The Kier molecular flexibility index (Phi) is 3.16. The van der Waals surface area contributed by atoms with Crippen LogP contribution < -0.4 is 5.32 Å². The molecular formula is C13H18ClN3O. The second-order valence-electron chi connectivity index (χ2n) is 5.54. The lowest BCUT2D eigenvalue weighted by Gasteiger charge is -2.15. The summed E-state index contributed by atoms with van der Waals surface area (Å²) in [5, 5.41) is 12.9. The zero-order valence-corrected chi connectivity index (χ0v) is 11.1. The number of anilines is 1. The summed E-state index contributed by atoms with van der Waals surface area (Å²) in [6, 6.07) is 1.78. The Morgan fingerprint density at radius 2 is 2.17 bits per heavy atom. The SMILES string of the molecule is OCCC1(CNc2cc(Cl)nc(C3CC3)n2)CC1. The standard InChI is InChI=1S/C13H18ClN3O/c14-10-7-11(17-12(16-10)9-1-2-9)15-8-13(3-4-13)5-6-18/h7,9,18H,1-6,8H2,(H,15,16,17). The van der Waals surface area contributed by atoms with Crippen molar-refractivity contribution >= 4 is 17.4 Å². The molecule has 2 N–H and O–H groups in total. The van der Waals surface area contributed by atoms with E-state index in [4.69, 9.17) is 16.7 Å². The highest BCUT2D eigenvalue weighted by atomic mass is 35.5. The Morgan fingerprint density at radius 1 is 1.39 bits per heavy atom. The van der Waals surface area contributed by atoms with Crippen molar-refractivity contribution in [3.63, 3.8) is 0 Å². The summed E-state index contributed by atoms with van der Waals surface area (Å²) in [5.41, 5.74) is 0.284. The first kappa shape index (κ1) is 12.2. The molecule has 0 aliphatic heterocycles. The van der Waals surface area contributed by atoms with Gasteiger partial charge in [-0.3, -0.25) is 0 Å². The van der Waals surface area contributed by atoms with Crippen molar-refractivity contribution in [2.45, 2.75) is 38.0 Å². The minimum Gasteiger partial charge on any atom is -0.396 e. The fourth-order valence-corrected chi connectivity index (χ4v) is 2.45. The van der Waals surface area contributed by atoms with Crippen LogP contribution in [-0.2, 0) is 0 Å². The molecule has 0 unspecified atom stereocenters. The summed E-state index contributed by atoms with van der Waals surface area (Å²) < 4.78 is 0. The minimum absolute atomic E-state index is 0.263. The predicted octanol–water partition coefficient (Wildman–Crippen LogP) is 2.58. The van der Waals surface area contributed by atoms with Crippen molar-refractivity contribution in [3.05, 3.63) is 17.0 Å². The Bertz CT molecular complexity index is 444. The highest BCUT2D eigenvalue weighted by Crippen LogP contribution is 2.48. The van der Waals surface area contributed by atoms with Crippen molar-refractivity contribution in [3.8, 4) is 0 Å². The molecular weight excluding hydrogens is 250 g/mol. The molecule has 4 nitrogen and oxygen atoms in total. The van der Waals surface area contributed by atoms with Crippen LogP contribution in [0.1, 0.15) is 43.8 Å². The number of aliphatic hydroxyl groups excluding tert-OH is 1. The highest BCUT2D eigenvalue weighted by molar-refractivity contribution is 6.29. The van der Waals surface area contributed by atoms with Crippen LogP contribution in [0.2, 0.25) is 5.15 Å². The number of hydrogen-bond acceptors (Lipinski definition) is 4. The summed E-state index contributed by atoms with van der Waals surface area (Å²) in [7, 11) is 0. The first-order valence-electron chi connectivity index (χ1n) is 6.60. The highest BCUT2D eigenvalue weighted by Gasteiger charge is 2.41. The van der Waals surface area contributed by atoms with Gasteiger partial charge in [-0.2, -0.15) is 0 Å². The lowest BCUT2D eigenvalue weighted by atomic mass is 10.0. The third kappa shape index (κ3) is 2.75. The molecule has 0 atom stereocenters. The fourth-order valence-electron chi connectivity index (χ4n) is 2.26. The van der Waals surface area contributed by atoms with E-state index in [1.807, 2.05) is 0 Å². The van der Waals surface area contributed by atoms with Crippen LogP contribution in [0.4, 0.5) is 5.82 Å². The van der Waals surface area contributed by atoms with E-state index in [0.717, 1.165) is 24.6 Å². The van der Waals surface area contributed by atoms with Gasteiger partial charge in [0.2, 0.25) is 0 Å².